The topological polar surface area (TPSA) is 86.7 Å². The fraction of sp³-hybridized carbons (Fsp3) is 0.438. The zero-order valence-electron chi connectivity index (χ0n) is 12.8. The molecule has 0 saturated carbocycles. The minimum Gasteiger partial charge on any atom is -0.481 e. The van der Waals surface area contributed by atoms with Gasteiger partial charge in [-0.1, -0.05) is 28.1 Å². The normalized spacial score (nSPS) is 18.8. The lowest BCUT2D eigenvalue weighted by Crippen LogP contribution is -2.36. The fourth-order valence-corrected chi connectivity index (χ4v) is 2.93. The molecule has 1 aliphatic rings. The average molecular weight is 383 g/mol. The zero-order chi connectivity index (χ0) is 17.0. The van der Waals surface area contributed by atoms with Gasteiger partial charge in [0.25, 0.3) is 0 Å². The van der Waals surface area contributed by atoms with Gasteiger partial charge < -0.3 is 15.3 Å². The van der Waals surface area contributed by atoms with Gasteiger partial charge in [0.05, 0.1) is 18.4 Å². The van der Waals surface area contributed by atoms with E-state index in [0.717, 1.165) is 10.0 Å². The molecule has 0 aromatic heterocycles. The van der Waals surface area contributed by atoms with Gasteiger partial charge in [-0.3, -0.25) is 14.4 Å². The van der Waals surface area contributed by atoms with Crippen molar-refractivity contribution in [1.29, 1.82) is 0 Å². The highest BCUT2D eigenvalue weighted by Gasteiger charge is 2.34. The maximum Gasteiger partial charge on any atom is 0.305 e. The van der Waals surface area contributed by atoms with Crippen molar-refractivity contribution in [2.45, 2.75) is 25.8 Å². The van der Waals surface area contributed by atoms with Crippen LogP contribution in [0.25, 0.3) is 0 Å². The molecule has 2 atom stereocenters. The predicted octanol–water partition coefficient (Wildman–Crippen LogP) is 1.95. The summed E-state index contributed by atoms with van der Waals surface area (Å²) >= 11 is 3.32. The molecule has 23 heavy (non-hydrogen) atoms. The third-order valence-corrected chi connectivity index (χ3v) is 4.46. The molecule has 1 aromatic carbocycles. The molecule has 1 saturated heterocycles. The van der Waals surface area contributed by atoms with E-state index in [9.17, 15) is 14.4 Å². The van der Waals surface area contributed by atoms with Gasteiger partial charge in [-0.05, 0) is 24.6 Å². The van der Waals surface area contributed by atoms with E-state index in [1.165, 1.54) is 0 Å². The molecule has 0 spiro atoms. The van der Waals surface area contributed by atoms with Gasteiger partial charge in [0.15, 0.2) is 0 Å². The van der Waals surface area contributed by atoms with Crippen molar-refractivity contribution in [2.24, 2.45) is 5.92 Å². The van der Waals surface area contributed by atoms with E-state index in [1.807, 2.05) is 6.92 Å². The third kappa shape index (κ3) is 4.54. The van der Waals surface area contributed by atoms with Crippen LogP contribution < -0.4 is 5.32 Å². The molecule has 2 amide bonds. The van der Waals surface area contributed by atoms with Crippen molar-refractivity contribution in [3.8, 4) is 0 Å². The maximum atomic E-state index is 12.4. The van der Waals surface area contributed by atoms with Crippen LogP contribution in [0.4, 0.5) is 0 Å². The summed E-state index contributed by atoms with van der Waals surface area (Å²) in [5, 5.41) is 11.9. The minimum atomic E-state index is -0.990. The van der Waals surface area contributed by atoms with Crippen LogP contribution in [0.5, 0.6) is 0 Å². The van der Waals surface area contributed by atoms with Gasteiger partial charge in [-0.15, -0.1) is 0 Å². The van der Waals surface area contributed by atoms with Gasteiger partial charge in [0.2, 0.25) is 11.8 Å². The summed E-state index contributed by atoms with van der Waals surface area (Å²) in [6.45, 7) is 2.84. The van der Waals surface area contributed by atoms with Gasteiger partial charge in [0, 0.05) is 24.0 Å². The molecule has 2 unspecified atom stereocenters. The maximum absolute atomic E-state index is 12.4. The van der Waals surface area contributed by atoms with E-state index in [4.69, 9.17) is 5.11 Å². The van der Waals surface area contributed by atoms with E-state index >= 15 is 0 Å². The Morgan fingerprint density at radius 2 is 2.04 bits per heavy atom. The SMILES string of the molecule is CCN1CC(C(=O)NC(CC(=O)O)c2ccc(Br)cc2)CC1=O. The molecule has 6 nitrogen and oxygen atoms in total. The summed E-state index contributed by atoms with van der Waals surface area (Å²) in [4.78, 5) is 36.8. The number of aliphatic carboxylic acids is 1. The highest BCUT2D eigenvalue weighted by atomic mass is 79.9. The van der Waals surface area contributed by atoms with Gasteiger partial charge in [-0.25, -0.2) is 0 Å². The molecule has 1 aromatic rings. The van der Waals surface area contributed by atoms with Crippen LogP contribution in [0.2, 0.25) is 0 Å². The molecule has 1 fully saturated rings. The highest BCUT2D eigenvalue weighted by Crippen LogP contribution is 2.23. The number of carbonyl (C=O) groups excluding carboxylic acids is 2. The van der Waals surface area contributed by atoms with E-state index in [1.54, 1.807) is 29.2 Å². The number of amides is 2. The number of nitrogens with zero attached hydrogens (tertiary/aromatic N) is 1. The number of hydrogen-bond donors (Lipinski definition) is 2. The Labute approximate surface area is 143 Å². The first-order valence-electron chi connectivity index (χ1n) is 7.46. The lowest BCUT2D eigenvalue weighted by molar-refractivity contribution is -0.138. The second-order valence-corrected chi connectivity index (χ2v) is 6.46. The molecule has 0 aliphatic carbocycles. The highest BCUT2D eigenvalue weighted by molar-refractivity contribution is 9.10. The van der Waals surface area contributed by atoms with Gasteiger partial charge in [-0.2, -0.15) is 0 Å². The quantitative estimate of drug-likeness (QED) is 0.786. The molecule has 1 aliphatic heterocycles. The smallest absolute Gasteiger partial charge is 0.305 e. The lowest BCUT2D eigenvalue weighted by Gasteiger charge is -2.20. The Kier molecular flexibility index (Phi) is 5.76. The second-order valence-electron chi connectivity index (χ2n) is 5.54. The molecule has 0 bridgehead atoms. The van der Waals surface area contributed by atoms with E-state index in [-0.39, 0.29) is 24.7 Å². The Morgan fingerprint density at radius 3 is 2.57 bits per heavy atom. The predicted molar refractivity (Wildman–Crippen MR) is 87.6 cm³/mol. The Balaban J connectivity index is 2.08. The number of likely N-dealkylation sites (tertiary alicyclic amines) is 1. The Morgan fingerprint density at radius 1 is 1.39 bits per heavy atom. The molecular weight excluding hydrogens is 364 g/mol. The van der Waals surface area contributed by atoms with Crippen LogP contribution in [-0.4, -0.2) is 40.9 Å². The van der Waals surface area contributed by atoms with E-state index < -0.39 is 17.9 Å². The number of carboxylic acid groups (broad SMARTS) is 1. The van der Waals surface area contributed by atoms with Crippen molar-refractivity contribution >= 4 is 33.7 Å². The minimum absolute atomic E-state index is 0.0360. The number of hydrogen-bond acceptors (Lipinski definition) is 3. The first kappa shape index (κ1) is 17.5. The van der Waals surface area contributed by atoms with E-state index in [0.29, 0.717) is 13.1 Å². The second kappa shape index (κ2) is 7.59. The zero-order valence-corrected chi connectivity index (χ0v) is 14.4. The molecule has 7 heteroatoms. The number of benzene rings is 1. The number of carbonyl (C=O) groups is 3. The molecule has 1 heterocycles. The largest absolute Gasteiger partial charge is 0.481 e. The number of halogens is 1. The van der Waals surface area contributed by atoms with Crippen molar-refractivity contribution < 1.29 is 19.5 Å². The van der Waals surface area contributed by atoms with Crippen LogP contribution in [0.15, 0.2) is 28.7 Å². The van der Waals surface area contributed by atoms with Gasteiger partial charge >= 0.3 is 5.97 Å². The van der Waals surface area contributed by atoms with Crippen LogP contribution in [-0.2, 0) is 14.4 Å². The Hall–Kier alpha value is -1.89. The van der Waals surface area contributed by atoms with Crippen molar-refractivity contribution in [3.05, 3.63) is 34.3 Å². The van der Waals surface area contributed by atoms with Crippen molar-refractivity contribution in [2.75, 3.05) is 13.1 Å². The summed E-state index contributed by atoms with van der Waals surface area (Å²) in [5.41, 5.74) is 0.723. The van der Waals surface area contributed by atoms with Crippen LogP contribution in [0.1, 0.15) is 31.4 Å². The van der Waals surface area contributed by atoms with Crippen molar-refractivity contribution in [1.82, 2.24) is 10.2 Å². The summed E-state index contributed by atoms with van der Waals surface area (Å²) < 4.78 is 0.877. The van der Waals surface area contributed by atoms with Crippen LogP contribution >= 0.6 is 15.9 Å². The molecular formula is C16H19BrN2O4. The Bertz CT molecular complexity index is 603. The molecule has 0 radical (unpaired) electrons. The summed E-state index contributed by atoms with van der Waals surface area (Å²) in [5.74, 6) is -1.72. The first-order chi connectivity index (χ1) is 10.9. The number of rotatable bonds is 6. The number of carboxylic acids is 1. The standard InChI is InChI=1S/C16H19BrN2O4/c1-2-19-9-11(7-14(19)20)16(23)18-13(8-15(21)22)10-3-5-12(17)6-4-10/h3-6,11,13H,2,7-9H2,1H3,(H,18,23)(H,21,22). The summed E-state index contributed by atoms with van der Waals surface area (Å²) in [7, 11) is 0. The first-order valence-corrected chi connectivity index (χ1v) is 8.25. The van der Waals surface area contributed by atoms with E-state index in [2.05, 4.69) is 21.2 Å². The van der Waals surface area contributed by atoms with Crippen LogP contribution in [0, 0.1) is 5.92 Å². The molecule has 124 valence electrons. The molecule has 2 N–H and O–H groups in total. The molecule has 2 rings (SSSR count). The fourth-order valence-electron chi connectivity index (χ4n) is 2.66. The van der Waals surface area contributed by atoms with Crippen molar-refractivity contribution in [3.63, 3.8) is 0 Å². The number of nitrogens with one attached hydrogen (secondary N) is 1. The van der Waals surface area contributed by atoms with Crippen LogP contribution in [0.3, 0.4) is 0 Å². The summed E-state index contributed by atoms with van der Waals surface area (Å²) in [6.07, 6.45) is -0.0225. The average Bonchev–Trinajstić information content (AvgIpc) is 2.88. The lowest BCUT2D eigenvalue weighted by atomic mass is 10.0. The monoisotopic (exact) mass is 382 g/mol. The summed E-state index contributed by atoms with van der Waals surface area (Å²) in [6, 6.07) is 6.54. The van der Waals surface area contributed by atoms with Gasteiger partial charge in [0.1, 0.15) is 0 Å². The third-order valence-electron chi connectivity index (χ3n) is 3.93.